The normalized spacial score (nSPS) is 17.3. The summed E-state index contributed by atoms with van der Waals surface area (Å²) in [5.74, 6) is -5.65. The number of hydrogen-bond acceptors (Lipinski definition) is 5. The molecule has 2 heterocycles. The maximum atomic E-state index is 14.4. The number of carbonyl (C=O) groups is 3. The largest absolute Gasteiger partial charge is 0.481 e. The highest BCUT2D eigenvalue weighted by Crippen LogP contribution is 2.39. The molecule has 1 aromatic carbocycles. The minimum absolute atomic E-state index is 0.00757. The van der Waals surface area contributed by atoms with Gasteiger partial charge in [0.2, 0.25) is 0 Å². The van der Waals surface area contributed by atoms with Gasteiger partial charge in [0.1, 0.15) is 11.6 Å². The lowest BCUT2D eigenvalue weighted by molar-refractivity contribution is -0.147. The molecule has 1 saturated carbocycles. The highest BCUT2D eigenvalue weighted by atomic mass is 35.5. The third-order valence-electron chi connectivity index (χ3n) is 6.97. The Labute approximate surface area is 235 Å². The third kappa shape index (κ3) is 6.72. The van der Waals surface area contributed by atoms with Crippen molar-refractivity contribution in [1.29, 1.82) is 0 Å². The predicted octanol–water partition coefficient (Wildman–Crippen LogP) is 5.88. The van der Waals surface area contributed by atoms with Gasteiger partial charge in [-0.15, -0.1) is 0 Å². The zero-order valence-electron chi connectivity index (χ0n) is 21.6. The molecule has 1 aliphatic carbocycles. The minimum Gasteiger partial charge on any atom is -0.481 e. The van der Waals surface area contributed by atoms with E-state index < -0.39 is 71.8 Å². The molecule has 41 heavy (non-hydrogen) atoms. The van der Waals surface area contributed by atoms with Gasteiger partial charge in [-0.3, -0.25) is 24.0 Å². The number of amides is 1. The Morgan fingerprint density at radius 1 is 1.05 bits per heavy atom. The molecule has 0 unspecified atom stereocenters. The van der Waals surface area contributed by atoms with Crippen LogP contribution in [0.1, 0.15) is 69.3 Å². The van der Waals surface area contributed by atoms with Gasteiger partial charge in [-0.2, -0.15) is 18.3 Å². The van der Waals surface area contributed by atoms with Crippen LogP contribution in [-0.2, 0) is 17.5 Å². The molecule has 1 fully saturated rings. The molecule has 4 rings (SSSR count). The molecule has 0 saturated heterocycles. The molecule has 1 N–H and O–H groups in total. The standard InChI is InChI=1S/C27H24ClF5N4O4/c1-14-9-34-11-21(28)23(14)22(38)13-36(12-15-6-17(29)8-18(30)7-15)25(39)20-10-35-37(24(20)27(31,32)33)19-4-2-16(3-5-19)26(40)41/h6-11,16,19H,2-5,12-13H2,1H3,(H,40,41). The quantitative estimate of drug-likeness (QED) is 0.257. The van der Waals surface area contributed by atoms with E-state index in [2.05, 4.69) is 10.1 Å². The smallest absolute Gasteiger partial charge is 0.433 e. The molecule has 0 atom stereocenters. The van der Waals surface area contributed by atoms with Crippen LogP contribution < -0.4 is 0 Å². The maximum absolute atomic E-state index is 14.4. The molecule has 0 bridgehead atoms. The molecule has 1 aliphatic rings. The highest BCUT2D eigenvalue weighted by Gasteiger charge is 2.43. The Hall–Kier alpha value is -3.87. The van der Waals surface area contributed by atoms with Crippen molar-refractivity contribution >= 4 is 29.3 Å². The summed E-state index contributed by atoms with van der Waals surface area (Å²) >= 11 is 6.13. The fraction of sp³-hybridized carbons (Fsp3) is 0.370. The van der Waals surface area contributed by atoms with E-state index in [1.165, 1.54) is 19.3 Å². The average Bonchev–Trinajstić information content (AvgIpc) is 3.33. The van der Waals surface area contributed by atoms with Crippen LogP contribution in [0.2, 0.25) is 5.02 Å². The maximum Gasteiger partial charge on any atom is 0.433 e. The van der Waals surface area contributed by atoms with E-state index in [-0.39, 0.29) is 41.8 Å². The number of carboxylic acids is 1. The topological polar surface area (TPSA) is 105 Å². The Kier molecular flexibility index (Phi) is 8.76. The second-order valence-corrected chi connectivity index (χ2v) is 10.3. The molecule has 3 aromatic rings. The molecule has 218 valence electrons. The molecule has 0 radical (unpaired) electrons. The lowest BCUT2D eigenvalue weighted by Gasteiger charge is -2.28. The Balaban J connectivity index is 1.73. The van der Waals surface area contributed by atoms with Crippen LogP contribution in [0.3, 0.4) is 0 Å². The number of aliphatic carboxylic acids is 1. The number of carbonyl (C=O) groups excluding carboxylic acids is 2. The fourth-order valence-corrected chi connectivity index (χ4v) is 5.39. The number of nitrogens with zero attached hydrogens (tertiary/aromatic N) is 4. The van der Waals surface area contributed by atoms with E-state index in [0.717, 1.165) is 23.2 Å². The van der Waals surface area contributed by atoms with E-state index in [9.17, 15) is 41.4 Å². The average molecular weight is 599 g/mol. The summed E-state index contributed by atoms with van der Waals surface area (Å²) in [5.41, 5.74) is -1.98. The van der Waals surface area contributed by atoms with Crippen LogP contribution in [-0.4, -0.2) is 49.0 Å². The monoisotopic (exact) mass is 598 g/mol. The lowest BCUT2D eigenvalue weighted by atomic mass is 9.86. The second kappa shape index (κ2) is 11.9. The number of alkyl halides is 3. The molecule has 2 aromatic heterocycles. The minimum atomic E-state index is -5.04. The summed E-state index contributed by atoms with van der Waals surface area (Å²) < 4.78 is 71.6. The first-order valence-electron chi connectivity index (χ1n) is 12.5. The summed E-state index contributed by atoms with van der Waals surface area (Å²) in [6, 6.07) is 1.57. The number of ketones is 1. The van der Waals surface area contributed by atoms with Crippen molar-refractivity contribution in [1.82, 2.24) is 19.7 Å². The summed E-state index contributed by atoms with van der Waals surface area (Å²) in [6.07, 6.45) is -1.30. The van der Waals surface area contributed by atoms with Gasteiger partial charge in [-0.25, -0.2) is 8.78 Å². The number of Topliss-reactive ketones (excluding diaryl/α,β-unsaturated/α-hetero) is 1. The van der Waals surface area contributed by atoms with Gasteiger partial charge in [0.15, 0.2) is 11.5 Å². The van der Waals surface area contributed by atoms with E-state index >= 15 is 0 Å². The molecule has 8 nitrogen and oxygen atoms in total. The molecule has 0 aliphatic heterocycles. The predicted molar refractivity (Wildman–Crippen MR) is 135 cm³/mol. The Bertz CT molecular complexity index is 1440. The zero-order valence-corrected chi connectivity index (χ0v) is 22.3. The van der Waals surface area contributed by atoms with E-state index in [1.54, 1.807) is 0 Å². The van der Waals surface area contributed by atoms with Gasteiger partial charge in [0.05, 0.1) is 35.3 Å². The molecular formula is C27H24ClF5N4O4. The summed E-state index contributed by atoms with van der Waals surface area (Å²) in [4.78, 5) is 42.8. The van der Waals surface area contributed by atoms with Crippen LogP contribution in [0.5, 0.6) is 0 Å². The Morgan fingerprint density at radius 3 is 2.24 bits per heavy atom. The van der Waals surface area contributed by atoms with Crippen LogP contribution >= 0.6 is 11.6 Å². The highest BCUT2D eigenvalue weighted by molar-refractivity contribution is 6.34. The van der Waals surface area contributed by atoms with Crippen molar-refractivity contribution in [3.8, 4) is 0 Å². The van der Waals surface area contributed by atoms with Crippen LogP contribution in [0.25, 0.3) is 0 Å². The van der Waals surface area contributed by atoms with Crippen LogP contribution in [0, 0.1) is 24.5 Å². The van der Waals surface area contributed by atoms with Crippen molar-refractivity contribution in [3.63, 3.8) is 0 Å². The first-order chi connectivity index (χ1) is 19.3. The number of rotatable bonds is 8. The summed E-state index contributed by atoms with van der Waals surface area (Å²) in [6.45, 7) is 0.159. The van der Waals surface area contributed by atoms with Crippen molar-refractivity contribution in [3.05, 3.63) is 81.4 Å². The van der Waals surface area contributed by atoms with Gasteiger partial charge in [0.25, 0.3) is 5.91 Å². The number of aromatic nitrogens is 3. The number of halogens is 6. The SMILES string of the molecule is Cc1cncc(Cl)c1C(=O)CN(Cc1cc(F)cc(F)c1)C(=O)c1cnn(C2CCC(C(=O)O)CC2)c1C(F)(F)F. The lowest BCUT2D eigenvalue weighted by Crippen LogP contribution is -2.37. The van der Waals surface area contributed by atoms with Gasteiger partial charge in [-0.1, -0.05) is 11.6 Å². The van der Waals surface area contributed by atoms with Crippen molar-refractivity contribution in [2.24, 2.45) is 5.92 Å². The van der Waals surface area contributed by atoms with Gasteiger partial charge < -0.3 is 10.0 Å². The number of aryl methyl sites for hydroxylation is 1. The molecule has 1 amide bonds. The summed E-state index contributed by atoms with van der Waals surface area (Å²) in [5, 5.41) is 13.0. The van der Waals surface area contributed by atoms with Crippen molar-refractivity contribution < 1.29 is 41.4 Å². The van der Waals surface area contributed by atoms with Gasteiger partial charge in [0, 0.05) is 30.6 Å². The first-order valence-corrected chi connectivity index (χ1v) is 12.9. The molecule has 14 heteroatoms. The molecule has 0 spiro atoms. The van der Waals surface area contributed by atoms with Gasteiger partial charge in [-0.05, 0) is 55.9 Å². The van der Waals surface area contributed by atoms with E-state index in [4.69, 9.17) is 11.6 Å². The number of pyridine rings is 1. The van der Waals surface area contributed by atoms with Gasteiger partial charge >= 0.3 is 12.1 Å². The second-order valence-electron chi connectivity index (χ2n) is 9.87. The molecular weight excluding hydrogens is 575 g/mol. The first kappa shape index (κ1) is 30.1. The zero-order chi connectivity index (χ0) is 30.1. The number of benzene rings is 1. The van der Waals surface area contributed by atoms with Crippen molar-refractivity contribution in [2.75, 3.05) is 6.54 Å². The van der Waals surface area contributed by atoms with Crippen molar-refractivity contribution in [2.45, 2.75) is 51.4 Å². The summed E-state index contributed by atoms with van der Waals surface area (Å²) in [7, 11) is 0. The van der Waals surface area contributed by atoms with Crippen LogP contribution in [0.15, 0.2) is 36.8 Å². The number of hydrogen-bond donors (Lipinski definition) is 1. The van der Waals surface area contributed by atoms with E-state index in [0.29, 0.717) is 16.3 Å². The number of carboxylic acid groups (broad SMARTS) is 1. The van der Waals surface area contributed by atoms with Crippen LogP contribution in [0.4, 0.5) is 22.0 Å². The Morgan fingerprint density at radius 2 is 1.68 bits per heavy atom. The fourth-order valence-electron chi connectivity index (χ4n) is 5.08. The van der Waals surface area contributed by atoms with E-state index in [1.807, 2.05) is 0 Å². The third-order valence-corrected chi connectivity index (χ3v) is 7.26.